The Balaban J connectivity index is 2.04. The topological polar surface area (TPSA) is 64.4 Å². The van der Waals surface area contributed by atoms with E-state index in [1.165, 1.54) is 6.26 Å². The number of halogens is 1. The number of hydrogen-bond acceptors (Lipinski definition) is 4. The average molecular weight is 311 g/mol. The Hall–Kier alpha value is -1.82. The van der Waals surface area contributed by atoms with Crippen molar-refractivity contribution in [2.45, 2.75) is 6.54 Å². The summed E-state index contributed by atoms with van der Waals surface area (Å²) in [6, 6.07) is 5.23. The first kappa shape index (κ1) is 12.6. The van der Waals surface area contributed by atoms with Gasteiger partial charge in [0, 0.05) is 18.3 Å². The zero-order valence-corrected chi connectivity index (χ0v) is 11.2. The van der Waals surface area contributed by atoms with Crippen molar-refractivity contribution in [1.82, 2.24) is 10.3 Å². The van der Waals surface area contributed by atoms with Gasteiger partial charge in [0.05, 0.1) is 18.9 Å². The van der Waals surface area contributed by atoms with Crippen LogP contribution in [0, 0.1) is 0 Å². The number of nitrogens with one attached hydrogen (secondary N) is 1. The van der Waals surface area contributed by atoms with Crippen molar-refractivity contribution in [3.8, 4) is 5.88 Å². The number of methoxy groups -OCH3 is 1. The third-order valence-electron chi connectivity index (χ3n) is 2.35. The molecular weight excluding hydrogens is 300 g/mol. The molecule has 2 aromatic rings. The molecule has 5 nitrogen and oxygen atoms in total. The number of carbonyl (C=O) groups is 1. The second-order valence-electron chi connectivity index (χ2n) is 3.46. The van der Waals surface area contributed by atoms with Crippen molar-refractivity contribution in [1.29, 1.82) is 0 Å². The Morgan fingerprint density at radius 1 is 1.56 bits per heavy atom. The van der Waals surface area contributed by atoms with Crippen LogP contribution in [0.4, 0.5) is 0 Å². The summed E-state index contributed by atoms with van der Waals surface area (Å²) in [7, 11) is 1.54. The number of furan rings is 1. The zero-order valence-electron chi connectivity index (χ0n) is 9.64. The van der Waals surface area contributed by atoms with E-state index < -0.39 is 0 Å². The second kappa shape index (κ2) is 5.68. The number of carbonyl (C=O) groups excluding carboxylic acids is 1. The minimum Gasteiger partial charge on any atom is -0.481 e. The van der Waals surface area contributed by atoms with Crippen LogP contribution < -0.4 is 10.1 Å². The molecule has 0 aliphatic heterocycles. The van der Waals surface area contributed by atoms with Gasteiger partial charge in [0.15, 0.2) is 4.67 Å². The van der Waals surface area contributed by atoms with Crippen LogP contribution in [0.3, 0.4) is 0 Å². The van der Waals surface area contributed by atoms with Crippen molar-refractivity contribution < 1.29 is 13.9 Å². The molecule has 1 amide bonds. The number of nitrogens with zero attached hydrogens (tertiary/aromatic N) is 1. The van der Waals surface area contributed by atoms with Gasteiger partial charge in [-0.3, -0.25) is 4.79 Å². The summed E-state index contributed by atoms with van der Waals surface area (Å²) >= 11 is 3.16. The normalized spacial score (nSPS) is 10.1. The molecule has 0 fully saturated rings. The van der Waals surface area contributed by atoms with Crippen molar-refractivity contribution in [2.24, 2.45) is 0 Å². The first-order valence-corrected chi connectivity index (χ1v) is 6.00. The molecule has 2 aromatic heterocycles. The van der Waals surface area contributed by atoms with E-state index in [0.29, 0.717) is 22.7 Å². The lowest BCUT2D eigenvalue weighted by atomic mass is 10.2. The van der Waals surface area contributed by atoms with E-state index in [-0.39, 0.29) is 5.91 Å². The van der Waals surface area contributed by atoms with Crippen LogP contribution in [0.15, 0.2) is 39.7 Å². The Labute approximate surface area is 112 Å². The molecule has 0 spiro atoms. The molecular formula is C12H11BrN2O3. The van der Waals surface area contributed by atoms with E-state index in [1.807, 2.05) is 6.07 Å². The van der Waals surface area contributed by atoms with Crippen LogP contribution in [0.25, 0.3) is 0 Å². The van der Waals surface area contributed by atoms with Crippen LogP contribution in [0.2, 0.25) is 0 Å². The third kappa shape index (κ3) is 2.70. The monoisotopic (exact) mass is 310 g/mol. The van der Waals surface area contributed by atoms with Crippen LogP contribution in [0.5, 0.6) is 5.88 Å². The summed E-state index contributed by atoms with van der Waals surface area (Å²) in [5.41, 5.74) is 1.27. The van der Waals surface area contributed by atoms with E-state index in [0.717, 1.165) is 5.56 Å². The Bertz CT molecular complexity index is 554. The van der Waals surface area contributed by atoms with Crippen LogP contribution >= 0.6 is 15.9 Å². The van der Waals surface area contributed by atoms with Gasteiger partial charge in [0.2, 0.25) is 5.88 Å². The number of amides is 1. The van der Waals surface area contributed by atoms with Crippen LogP contribution in [-0.2, 0) is 6.54 Å². The van der Waals surface area contributed by atoms with E-state index in [1.54, 1.807) is 25.4 Å². The predicted molar refractivity (Wildman–Crippen MR) is 68.4 cm³/mol. The SMILES string of the molecule is COc1ncccc1CNC(=O)c1ccoc1Br. The summed E-state index contributed by atoms with van der Waals surface area (Å²) in [6.07, 6.45) is 3.08. The highest BCUT2D eigenvalue weighted by atomic mass is 79.9. The molecule has 0 atom stereocenters. The number of pyridine rings is 1. The van der Waals surface area contributed by atoms with Crippen molar-refractivity contribution in [3.63, 3.8) is 0 Å². The molecule has 2 rings (SSSR count). The predicted octanol–water partition coefficient (Wildman–Crippen LogP) is 2.38. The summed E-state index contributed by atoms with van der Waals surface area (Å²) in [5, 5.41) is 2.77. The number of aromatic nitrogens is 1. The maximum Gasteiger partial charge on any atom is 0.256 e. The molecule has 1 N–H and O–H groups in total. The fourth-order valence-corrected chi connectivity index (χ4v) is 1.89. The molecule has 6 heteroatoms. The number of hydrogen-bond donors (Lipinski definition) is 1. The molecule has 0 saturated heterocycles. The Morgan fingerprint density at radius 2 is 2.39 bits per heavy atom. The standard InChI is InChI=1S/C12H11BrN2O3/c1-17-12-8(3-2-5-14-12)7-15-11(16)9-4-6-18-10(9)13/h2-6H,7H2,1H3,(H,15,16). The maximum atomic E-state index is 11.8. The molecule has 2 heterocycles. The van der Waals surface area contributed by atoms with Gasteiger partial charge in [-0.25, -0.2) is 4.98 Å². The fraction of sp³-hybridized carbons (Fsp3) is 0.167. The summed E-state index contributed by atoms with van der Waals surface area (Å²) in [4.78, 5) is 15.9. The fourth-order valence-electron chi connectivity index (χ4n) is 1.47. The minimum atomic E-state index is -0.221. The quantitative estimate of drug-likeness (QED) is 0.941. The van der Waals surface area contributed by atoms with E-state index in [4.69, 9.17) is 9.15 Å². The summed E-state index contributed by atoms with van der Waals surface area (Å²) in [6.45, 7) is 0.341. The van der Waals surface area contributed by atoms with Crippen molar-refractivity contribution in [3.05, 3.63) is 46.5 Å². The summed E-state index contributed by atoms with van der Waals surface area (Å²) < 4.78 is 10.5. The molecule has 94 valence electrons. The molecule has 0 aliphatic carbocycles. The molecule has 0 radical (unpaired) electrons. The largest absolute Gasteiger partial charge is 0.481 e. The van der Waals surface area contributed by atoms with Gasteiger partial charge < -0.3 is 14.5 Å². The van der Waals surface area contributed by atoms with Gasteiger partial charge in [0.25, 0.3) is 5.91 Å². The van der Waals surface area contributed by atoms with Gasteiger partial charge >= 0.3 is 0 Å². The van der Waals surface area contributed by atoms with Gasteiger partial charge in [-0.05, 0) is 28.1 Å². The van der Waals surface area contributed by atoms with Gasteiger partial charge in [-0.2, -0.15) is 0 Å². The van der Waals surface area contributed by atoms with E-state index in [2.05, 4.69) is 26.2 Å². The van der Waals surface area contributed by atoms with Crippen molar-refractivity contribution in [2.75, 3.05) is 7.11 Å². The molecule has 0 saturated carbocycles. The average Bonchev–Trinajstić information content (AvgIpc) is 2.82. The van der Waals surface area contributed by atoms with Gasteiger partial charge in [-0.1, -0.05) is 6.07 Å². The number of ether oxygens (including phenoxy) is 1. The highest BCUT2D eigenvalue weighted by Gasteiger charge is 2.13. The molecule has 0 unspecified atom stereocenters. The highest BCUT2D eigenvalue weighted by molar-refractivity contribution is 9.10. The first-order chi connectivity index (χ1) is 8.72. The lowest BCUT2D eigenvalue weighted by Crippen LogP contribution is -2.23. The van der Waals surface area contributed by atoms with E-state index in [9.17, 15) is 4.79 Å². The van der Waals surface area contributed by atoms with Gasteiger partial charge in [-0.15, -0.1) is 0 Å². The summed E-state index contributed by atoms with van der Waals surface area (Å²) in [5.74, 6) is 0.283. The lowest BCUT2D eigenvalue weighted by molar-refractivity contribution is 0.0949. The van der Waals surface area contributed by atoms with Gasteiger partial charge in [0.1, 0.15) is 0 Å². The Morgan fingerprint density at radius 3 is 3.06 bits per heavy atom. The van der Waals surface area contributed by atoms with Crippen LogP contribution in [-0.4, -0.2) is 18.0 Å². The number of rotatable bonds is 4. The molecule has 0 bridgehead atoms. The maximum absolute atomic E-state index is 11.8. The lowest BCUT2D eigenvalue weighted by Gasteiger charge is -2.07. The third-order valence-corrected chi connectivity index (χ3v) is 2.96. The molecule has 0 aromatic carbocycles. The second-order valence-corrected chi connectivity index (χ2v) is 4.18. The first-order valence-electron chi connectivity index (χ1n) is 5.21. The van der Waals surface area contributed by atoms with Crippen molar-refractivity contribution >= 4 is 21.8 Å². The molecule has 18 heavy (non-hydrogen) atoms. The van der Waals surface area contributed by atoms with Crippen LogP contribution in [0.1, 0.15) is 15.9 Å². The Kier molecular flexibility index (Phi) is 3.99. The minimum absolute atomic E-state index is 0.221. The highest BCUT2D eigenvalue weighted by Crippen LogP contribution is 2.18. The smallest absolute Gasteiger partial charge is 0.256 e. The zero-order chi connectivity index (χ0) is 13.0. The van der Waals surface area contributed by atoms with E-state index >= 15 is 0 Å². The molecule has 0 aliphatic rings.